The van der Waals surface area contributed by atoms with E-state index in [9.17, 15) is 8.42 Å². The van der Waals surface area contributed by atoms with Crippen LogP contribution in [0.25, 0.3) is 0 Å². The second-order valence-electron chi connectivity index (χ2n) is 3.94. The van der Waals surface area contributed by atoms with Gasteiger partial charge in [-0.05, 0) is 19.3 Å². The monoisotopic (exact) mass is 323 g/mol. The maximum absolute atomic E-state index is 11.9. The molecule has 1 aromatic heterocycles. The summed E-state index contributed by atoms with van der Waals surface area (Å²) >= 11 is 3.37. The van der Waals surface area contributed by atoms with Gasteiger partial charge in [-0.25, -0.2) is 18.1 Å². The van der Waals surface area contributed by atoms with Gasteiger partial charge in [-0.2, -0.15) is 0 Å². The van der Waals surface area contributed by atoms with Crippen LogP contribution >= 0.6 is 15.9 Å². The molecule has 2 N–H and O–H groups in total. The van der Waals surface area contributed by atoms with E-state index >= 15 is 0 Å². The second kappa shape index (κ2) is 6.51. The minimum absolute atomic E-state index is 0.128. The summed E-state index contributed by atoms with van der Waals surface area (Å²) in [5.41, 5.74) is 0. The molecule has 0 saturated heterocycles. The van der Waals surface area contributed by atoms with Crippen LogP contribution in [0.1, 0.15) is 25.6 Å². The molecule has 0 aliphatic heterocycles. The lowest BCUT2D eigenvalue weighted by Gasteiger charge is -2.13. The number of halogens is 1. The molecule has 17 heavy (non-hydrogen) atoms. The van der Waals surface area contributed by atoms with E-state index in [4.69, 9.17) is 0 Å². The lowest BCUT2D eigenvalue weighted by atomic mass is 10.0. The SMILES string of the molecule is CCC(CCBr)CNS(=O)(=O)c1cnc(C)[nH]1. The standard InChI is InChI=1S/C10H18BrN3O2S/c1-3-9(4-5-11)6-13-17(15,16)10-7-12-8(2)14-10/h7,9,13H,3-6H2,1-2H3,(H,12,14). The number of aromatic nitrogens is 2. The summed E-state index contributed by atoms with van der Waals surface area (Å²) in [7, 11) is -3.45. The van der Waals surface area contributed by atoms with Gasteiger partial charge in [0.15, 0.2) is 5.03 Å². The molecule has 0 saturated carbocycles. The summed E-state index contributed by atoms with van der Waals surface area (Å²) in [5, 5.41) is 1.01. The summed E-state index contributed by atoms with van der Waals surface area (Å²) in [6.45, 7) is 4.24. The molecule has 0 fully saturated rings. The highest BCUT2D eigenvalue weighted by molar-refractivity contribution is 9.09. The van der Waals surface area contributed by atoms with E-state index in [1.54, 1.807) is 6.92 Å². The average molecular weight is 324 g/mol. The van der Waals surface area contributed by atoms with Crippen LogP contribution in [0.3, 0.4) is 0 Å². The summed E-state index contributed by atoms with van der Waals surface area (Å²) in [6, 6.07) is 0. The Labute approximate surface area is 111 Å². The Hall–Kier alpha value is -0.400. The summed E-state index contributed by atoms with van der Waals surface area (Å²) < 4.78 is 26.4. The van der Waals surface area contributed by atoms with Crippen LogP contribution in [0.5, 0.6) is 0 Å². The molecule has 1 unspecified atom stereocenters. The van der Waals surface area contributed by atoms with Gasteiger partial charge in [0.25, 0.3) is 10.0 Å². The van der Waals surface area contributed by atoms with Crippen LogP contribution in [-0.2, 0) is 10.0 Å². The predicted octanol–water partition coefficient (Wildman–Crippen LogP) is 1.81. The zero-order chi connectivity index (χ0) is 12.9. The number of hydrogen-bond donors (Lipinski definition) is 2. The Morgan fingerprint density at radius 3 is 2.76 bits per heavy atom. The number of alkyl halides is 1. The fourth-order valence-corrected chi connectivity index (χ4v) is 3.18. The Kier molecular flexibility index (Phi) is 5.61. The first kappa shape index (κ1) is 14.7. The van der Waals surface area contributed by atoms with Crippen molar-refractivity contribution in [1.82, 2.24) is 14.7 Å². The Balaban J connectivity index is 2.61. The highest BCUT2D eigenvalue weighted by Gasteiger charge is 2.17. The molecular formula is C10H18BrN3O2S. The number of imidazole rings is 1. The summed E-state index contributed by atoms with van der Waals surface area (Å²) in [5.74, 6) is 0.950. The molecule has 1 heterocycles. The molecule has 5 nitrogen and oxygen atoms in total. The van der Waals surface area contributed by atoms with Crippen molar-refractivity contribution < 1.29 is 8.42 Å². The number of rotatable bonds is 7. The van der Waals surface area contributed by atoms with Gasteiger partial charge in [0.1, 0.15) is 5.82 Å². The Morgan fingerprint density at radius 2 is 2.29 bits per heavy atom. The van der Waals surface area contributed by atoms with E-state index < -0.39 is 10.0 Å². The molecule has 0 aromatic carbocycles. The molecule has 0 amide bonds. The van der Waals surface area contributed by atoms with Crippen molar-refractivity contribution in [1.29, 1.82) is 0 Å². The number of H-pyrrole nitrogens is 1. The molecule has 0 radical (unpaired) electrons. The minimum atomic E-state index is -3.45. The van der Waals surface area contributed by atoms with Crippen molar-refractivity contribution in [2.45, 2.75) is 31.7 Å². The number of nitrogens with one attached hydrogen (secondary N) is 2. The van der Waals surface area contributed by atoms with Gasteiger partial charge in [-0.15, -0.1) is 0 Å². The molecule has 0 spiro atoms. The highest BCUT2D eigenvalue weighted by Crippen LogP contribution is 2.11. The first-order valence-electron chi connectivity index (χ1n) is 5.56. The fraction of sp³-hybridized carbons (Fsp3) is 0.700. The van der Waals surface area contributed by atoms with Gasteiger partial charge >= 0.3 is 0 Å². The average Bonchev–Trinajstić information content (AvgIpc) is 2.72. The van der Waals surface area contributed by atoms with Crippen molar-refractivity contribution in [3.63, 3.8) is 0 Å². The number of nitrogens with zero attached hydrogens (tertiary/aromatic N) is 1. The van der Waals surface area contributed by atoms with Crippen molar-refractivity contribution in [3.05, 3.63) is 12.0 Å². The van der Waals surface area contributed by atoms with Gasteiger partial charge in [-0.3, -0.25) is 0 Å². The molecule has 1 rings (SSSR count). The van der Waals surface area contributed by atoms with Gasteiger partial charge < -0.3 is 4.98 Å². The van der Waals surface area contributed by atoms with E-state index in [1.807, 2.05) is 0 Å². The van der Waals surface area contributed by atoms with E-state index in [0.29, 0.717) is 18.3 Å². The van der Waals surface area contributed by atoms with Gasteiger partial charge in [0.2, 0.25) is 0 Å². The van der Waals surface area contributed by atoms with Crippen molar-refractivity contribution in [2.75, 3.05) is 11.9 Å². The summed E-state index contributed by atoms with van der Waals surface area (Å²) in [6.07, 6.45) is 3.25. The zero-order valence-electron chi connectivity index (χ0n) is 10.0. The van der Waals surface area contributed by atoms with E-state index in [0.717, 1.165) is 18.2 Å². The summed E-state index contributed by atoms with van der Waals surface area (Å²) in [4.78, 5) is 6.60. The molecule has 7 heteroatoms. The molecule has 1 aromatic rings. The third-order valence-corrected chi connectivity index (χ3v) is 4.42. The third kappa shape index (κ3) is 4.40. The smallest absolute Gasteiger partial charge is 0.257 e. The van der Waals surface area contributed by atoms with Crippen molar-refractivity contribution >= 4 is 26.0 Å². The molecule has 0 bridgehead atoms. The van der Waals surface area contributed by atoms with Crippen LogP contribution in [0, 0.1) is 12.8 Å². The largest absolute Gasteiger partial charge is 0.332 e. The maximum Gasteiger partial charge on any atom is 0.257 e. The van der Waals surface area contributed by atoms with Crippen LogP contribution in [0.4, 0.5) is 0 Å². The predicted molar refractivity (Wildman–Crippen MR) is 70.7 cm³/mol. The normalized spacial score (nSPS) is 13.8. The lowest BCUT2D eigenvalue weighted by molar-refractivity contribution is 0.482. The number of aromatic amines is 1. The second-order valence-corrected chi connectivity index (χ2v) is 6.47. The number of aryl methyl sites for hydroxylation is 1. The van der Waals surface area contributed by atoms with E-state index in [1.165, 1.54) is 6.20 Å². The van der Waals surface area contributed by atoms with Crippen LogP contribution < -0.4 is 4.72 Å². The molecule has 98 valence electrons. The topological polar surface area (TPSA) is 74.8 Å². The van der Waals surface area contributed by atoms with E-state index in [-0.39, 0.29) is 5.03 Å². The fourth-order valence-electron chi connectivity index (χ4n) is 1.45. The first-order chi connectivity index (χ1) is 7.99. The Bertz CT molecular complexity index is 444. The van der Waals surface area contributed by atoms with E-state index in [2.05, 4.69) is 37.5 Å². The molecule has 1 atom stereocenters. The quantitative estimate of drug-likeness (QED) is 0.751. The highest BCUT2D eigenvalue weighted by atomic mass is 79.9. The molecular weight excluding hydrogens is 306 g/mol. The van der Waals surface area contributed by atoms with Gasteiger partial charge in [-0.1, -0.05) is 29.3 Å². The Morgan fingerprint density at radius 1 is 1.59 bits per heavy atom. The van der Waals surface area contributed by atoms with Crippen LogP contribution in [0.15, 0.2) is 11.2 Å². The number of hydrogen-bond acceptors (Lipinski definition) is 3. The number of sulfonamides is 1. The molecule has 0 aliphatic carbocycles. The molecule has 0 aliphatic rings. The first-order valence-corrected chi connectivity index (χ1v) is 8.17. The zero-order valence-corrected chi connectivity index (χ0v) is 12.4. The van der Waals surface area contributed by atoms with Crippen LogP contribution in [0.2, 0.25) is 0 Å². The van der Waals surface area contributed by atoms with Gasteiger partial charge in [0, 0.05) is 11.9 Å². The van der Waals surface area contributed by atoms with Gasteiger partial charge in [0.05, 0.1) is 6.20 Å². The van der Waals surface area contributed by atoms with Crippen molar-refractivity contribution in [3.8, 4) is 0 Å². The van der Waals surface area contributed by atoms with Crippen LogP contribution in [-0.4, -0.2) is 30.3 Å². The minimum Gasteiger partial charge on any atom is -0.332 e. The third-order valence-electron chi connectivity index (χ3n) is 2.63. The maximum atomic E-state index is 11.9. The van der Waals surface area contributed by atoms with Crippen molar-refractivity contribution in [2.24, 2.45) is 5.92 Å². The lowest BCUT2D eigenvalue weighted by Crippen LogP contribution is -2.29.